The van der Waals surface area contributed by atoms with Gasteiger partial charge in [0.1, 0.15) is 0 Å². The number of hydrogen-bond acceptors (Lipinski definition) is 2. The van der Waals surface area contributed by atoms with E-state index in [1.54, 1.807) is 6.07 Å². The third kappa shape index (κ3) is 1.87. The van der Waals surface area contributed by atoms with Gasteiger partial charge in [0.25, 0.3) is 0 Å². The molecule has 2 nitrogen and oxygen atoms in total. The van der Waals surface area contributed by atoms with Gasteiger partial charge in [-0.15, -0.1) is 0 Å². The Labute approximate surface area is 118 Å². The molecule has 3 heteroatoms. The van der Waals surface area contributed by atoms with E-state index in [-0.39, 0.29) is 5.78 Å². The first-order valence-electron chi connectivity index (χ1n) is 5.82. The van der Waals surface area contributed by atoms with Gasteiger partial charge < -0.3 is 0 Å². The van der Waals surface area contributed by atoms with Crippen molar-refractivity contribution in [3.63, 3.8) is 0 Å². The van der Waals surface area contributed by atoms with Crippen LogP contribution < -0.4 is 0 Å². The molecule has 92 valence electrons. The zero-order chi connectivity index (χ0) is 13.4. The second-order valence-electron chi connectivity index (χ2n) is 4.29. The van der Waals surface area contributed by atoms with Gasteiger partial charge in [0.05, 0.1) is 0 Å². The first-order chi connectivity index (χ1) is 9.22. The van der Waals surface area contributed by atoms with Gasteiger partial charge in [-0.3, -0.25) is 9.59 Å². The van der Waals surface area contributed by atoms with Gasteiger partial charge in [-0.2, -0.15) is 0 Å². The molecule has 0 heterocycles. The second-order valence-corrected chi connectivity index (χ2v) is 5.21. The van der Waals surface area contributed by atoms with Gasteiger partial charge in [0.15, 0.2) is 12.1 Å². The first kappa shape index (κ1) is 12.1. The molecule has 0 atom stereocenters. The zero-order valence-electron chi connectivity index (χ0n) is 9.89. The van der Waals surface area contributed by atoms with Gasteiger partial charge in [-0.25, -0.2) is 0 Å². The summed E-state index contributed by atoms with van der Waals surface area (Å²) in [5.41, 5.74) is 3.02. The zero-order valence-corrected chi connectivity index (χ0v) is 11.5. The summed E-state index contributed by atoms with van der Waals surface area (Å²) in [6, 6.07) is 14.7. The largest absolute Gasteiger partial charge is 0.298 e. The molecule has 0 unspecified atom stereocenters. The van der Waals surface area contributed by atoms with E-state index in [1.165, 1.54) is 0 Å². The quantitative estimate of drug-likeness (QED) is 0.791. The van der Waals surface area contributed by atoms with Crippen molar-refractivity contribution in [3.8, 4) is 0 Å². The van der Waals surface area contributed by atoms with Crippen molar-refractivity contribution in [2.75, 3.05) is 0 Å². The summed E-state index contributed by atoms with van der Waals surface area (Å²) in [4.78, 5) is 23.8. The summed E-state index contributed by atoms with van der Waals surface area (Å²) in [7, 11) is 0. The van der Waals surface area contributed by atoms with E-state index >= 15 is 0 Å². The number of hydrogen-bond donors (Lipinski definition) is 0. The van der Waals surface area contributed by atoms with Gasteiger partial charge >= 0.3 is 0 Å². The van der Waals surface area contributed by atoms with Gasteiger partial charge in [0.2, 0.25) is 0 Å². The van der Waals surface area contributed by atoms with Crippen molar-refractivity contribution >= 4 is 39.1 Å². The molecule has 0 amide bonds. The van der Waals surface area contributed by atoms with Gasteiger partial charge in [-0.1, -0.05) is 46.3 Å². The average Bonchev–Trinajstić information content (AvgIpc) is 2.71. The van der Waals surface area contributed by atoms with Crippen molar-refractivity contribution in [2.24, 2.45) is 0 Å². The minimum Gasteiger partial charge on any atom is -0.298 e. The van der Waals surface area contributed by atoms with Crippen LogP contribution in [0, 0.1) is 0 Å². The standard InChI is InChI=1S/C16H9BrO2/c17-11-6-7-12-13(8-11)14(9-18)15(16(12)19)10-4-2-1-3-5-10/h1-9H. The van der Waals surface area contributed by atoms with Crippen LogP contribution in [0.5, 0.6) is 0 Å². The molecule has 2 aromatic carbocycles. The van der Waals surface area contributed by atoms with Crippen LogP contribution in [0.2, 0.25) is 0 Å². The highest BCUT2D eigenvalue weighted by Gasteiger charge is 2.30. The molecule has 0 bridgehead atoms. The highest BCUT2D eigenvalue weighted by atomic mass is 79.9. The van der Waals surface area contributed by atoms with Crippen LogP contribution >= 0.6 is 15.9 Å². The summed E-state index contributed by atoms with van der Waals surface area (Å²) in [5, 5.41) is 0. The molecule has 0 spiro atoms. The molecule has 0 radical (unpaired) electrons. The Balaban J connectivity index is 2.28. The van der Waals surface area contributed by atoms with E-state index in [4.69, 9.17) is 0 Å². The normalized spacial score (nSPS) is 13.6. The van der Waals surface area contributed by atoms with Crippen LogP contribution in [0.3, 0.4) is 0 Å². The lowest BCUT2D eigenvalue weighted by atomic mass is 10.0. The lowest BCUT2D eigenvalue weighted by Crippen LogP contribution is -1.98. The number of allylic oxidation sites excluding steroid dienone is 2. The Hall–Kier alpha value is -2.00. The van der Waals surface area contributed by atoms with Gasteiger partial charge in [-0.05, 0) is 29.3 Å². The molecule has 1 aliphatic rings. The topological polar surface area (TPSA) is 34.1 Å². The van der Waals surface area contributed by atoms with Crippen LogP contribution in [0.4, 0.5) is 0 Å². The summed E-state index contributed by atoms with van der Waals surface area (Å²) >= 11 is 3.37. The summed E-state index contributed by atoms with van der Waals surface area (Å²) < 4.78 is 0.854. The lowest BCUT2D eigenvalue weighted by Gasteiger charge is -2.01. The van der Waals surface area contributed by atoms with Crippen LogP contribution in [-0.2, 0) is 4.79 Å². The van der Waals surface area contributed by atoms with Crippen molar-refractivity contribution in [1.29, 1.82) is 0 Å². The van der Waals surface area contributed by atoms with E-state index in [2.05, 4.69) is 15.9 Å². The van der Waals surface area contributed by atoms with Crippen LogP contribution in [0.1, 0.15) is 21.5 Å². The molecular formula is C16H9BrO2. The van der Waals surface area contributed by atoms with Crippen molar-refractivity contribution < 1.29 is 9.59 Å². The Morgan fingerprint density at radius 2 is 1.68 bits per heavy atom. The van der Waals surface area contributed by atoms with E-state index in [0.717, 1.165) is 16.3 Å². The summed E-state index contributed by atoms with van der Waals surface area (Å²) in [5.74, 6) is -0.0872. The summed E-state index contributed by atoms with van der Waals surface area (Å²) in [6.45, 7) is 0. The smallest absolute Gasteiger partial charge is 0.194 e. The van der Waals surface area contributed by atoms with Crippen molar-refractivity contribution in [1.82, 2.24) is 0 Å². The van der Waals surface area contributed by atoms with E-state index in [0.29, 0.717) is 22.3 Å². The lowest BCUT2D eigenvalue weighted by molar-refractivity contribution is -0.103. The van der Waals surface area contributed by atoms with E-state index < -0.39 is 0 Å². The number of carbonyl (C=O) groups is 2. The molecule has 0 fully saturated rings. The predicted molar refractivity (Wildman–Crippen MR) is 77.8 cm³/mol. The molecule has 0 aliphatic heterocycles. The second kappa shape index (κ2) is 4.59. The fourth-order valence-corrected chi connectivity index (χ4v) is 2.70. The SMILES string of the molecule is O=CC1=C(c2ccccc2)C(=O)c2ccc(Br)cc21. The molecule has 0 saturated carbocycles. The van der Waals surface area contributed by atoms with Crippen LogP contribution in [0.25, 0.3) is 11.1 Å². The molecule has 0 saturated heterocycles. The highest BCUT2D eigenvalue weighted by molar-refractivity contribution is 9.10. The van der Waals surface area contributed by atoms with Crippen molar-refractivity contribution in [2.45, 2.75) is 0 Å². The first-order valence-corrected chi connectivity index (χ1v) is 6.61. The number of halogens is 1. The Morgan fingerprint density at radius 1 is 0.947 bits per heavy atom. The molecule has 0 N–H and O–H groups in total. The van der Waals surface area contributed by atoms with E-state index in [1.807, 2.05) is 42.5 Å². The maximum absolute atomic E-state index is 12.4. The number of rotatable bonds is 2. The minimum absolute atomic E-state index is 0.0872. The Kier molecular flexibility index (Phi) is 2.91. The summed E-state index contributed by atoms with van der Waals surface area (Å²) in [6.07, 6.45) is 0.762. The molecule has 0 aromatic heterocycles. The van der Waals surface area contributed by atoms with Crippen LogP contribution in [-0.4, -0.2) is 12.1 Å². The molecule has 3 rings (SSSR count). The number of carbonyl (C=O) groups excluding carboxylic acids is 2. The third-order valence-electron chi connectivity index (χ3n) is 3.19. The number of ketones is 1. The van der Waals surface area contributed by atoms with Crippen molar-refractivity contribution in [3.05, 3.63) is 69.7 Å². The fourth-order valence-electron chi connectivity index (χ4n) is 2.34. The fraction of sp³-hybridized carbons (Fsp3) is 0. The average molecular weight is 313 g/mol. The maximum Gasteiger partial charge on any atom is 0.194 e. The van der Waals surface area contributed by atoms with Crippen LogP contribution in [0.15, 0.2) is 53.0 Å². The monoisotopic (exact) mass is 312 g/mol. The number of benzene rings is 2. The molecular weight excluding hydrogens is 304 g/mol. The highest BCUT2D eigenvalue weighted by Crippen LogP contribution is 2.38. The maximum atomic E-state index is 12.4. The van der Waals surface area contributed by atoms with Gasteiger partial charge in [0, 0.05) is 21.2 Å². The number of aldehydes is 1. The molecule has 2 aromatic rings. The molecule has 19 heavy (non-hydrogen) atoms. The Morgan fingerprint density at radius 3 is 2.37 bits per heavy atom. The number of fused-ring (bicyclic) bond motifs is 1. The minimum atomic E-state index is -0.0872. The third-order valence-corrected chi connectivity index (χ3v) is 3.69. The number of Topliss-reactive ketones (excluding diaryl/α,β-unsaturated/α-hetero) is 1. The Bertz CT molecular complexity index is 715. The molecule has 1 aliphatic carbocycles. The predicted octanol–water partition coefficient (Wildman–Crippen LogP) is 3.76. The van der Waals surface area contributed by atoms with E-state index in [9.17, 15) is 9.59 Å².